The van der Waals surface area contributed by atoms with Gasteiger partial charge in [-0.15, -0.1) is 0 Å². The quantitative estimate of drug-likeness (QED) is 0.655. The number of aryl methyl sites for hydroxylation is 1. The van der Waals surface area contributed by atoms with E-state index in [1.54, 1.807) is 0 Å². The van der Waals surface area contributed by atoms with Gasteiger partial charge in [-0.25, -0.2) is 4.79 Å². The minimum Gasteiger partial charge on any atom is -0.398 e. The molecule has 0 unspecified atom stereocenters. The van der Waals surface area contributed by atoms with Crippen molar-refractivity contribution in [1.29, 1.82) is 0 Å². The van der Waals surface area contributed by atoms with E-state index >= 15 is 0 Å². The lowest BCUT2D eigenvalue weighted by molar-refractivity contribution is 0.244. The van der Waals surface area contributed by atoms with Crippen LogP contribution in [-0.4, -0.2) is 11.6 Å². The lowest BCUT2D eigenvalue weighted by Gasteiger charge is -2.22. The van der Waals surface area contributed by atoms with Crippen molar-refractivity contribution < 1.29 is 4.79 Å². The Morgan fingerprint density at radius 1 is 1.24 bits per heavy atom. The van der Waals surface area contributed by atoms with E-state index in [0.29, 0.717) is 5.69 Å². The Bertz CT molecular complexity index is 433. The van der Waals surface area contributed by atoms with Gasteiger partial charge in [0.1, 0.15) is 0 Å². The van der Waals surface area contributed by atoms with Gasteiger partial charge in [0.05, 0.1) is 5.69 Å². The van der Waals surface area contributed by atoms with Gasteiger partial charge < -0.3 is 16.4 Å². The molecule has 4 heteroatoms. The van der Waals surface area contributed by atoms with Gasteiger partial charge in [-0.05, 0) is 51.8 Å². The number of nitrogens with one attached hydrogen (secondary N) is 2. The number of nitrogens with two attached hydrogens (primary N) is 1. The van der Waals surface area contributed by atoms with Crippen molar-refractivity contribution in [2.24, 2.45) is 0 Å². The first-order valence-corrected chi connectivity index (χ1v) is 5.65. The maximum absolute atomic E-state index is 11.8. The SMILES string of the molecule is Cc1ccc(N)c(C)c1NC(=O)NC(C)(C)C. The van der Waals surface area contributed by atoms with Crippen molar-refractivity contribution in [2.75, 3.05) is 11.1 Å². The smallest absolute Gasteiger partial charge is 0.319 e. The average Bonchev–Trinajstić information content (AvgIpc) is 2.16. The van der Waals surface area contributed by atoms with Gasteiger partial charge >= 0.3 is 6.03 Å². The van der Waals surface area contributed by atoms with Crippen molar-refractivity contribution in [1.82, 2.24) is 5.32 Å². The molecule has 0 aliphatic carbocycles. The summed E-state index contributed by atoms with van der Waals surface area (Å²) in [6.45, 7) is 9.65. The molecule has 1 aromatic carbocycles. The predicted octanol–water partition coefficient (Wildman–Crippen LogP) is 2.81. The molecule has 0 saturated carbocycles. The van der Waals surface area contributed by atoms with E-state index < -0.39 is 0 Å². The van der Waals surface area contributed by atoms with Crippen molar-refractivity contribution in [3.63, 3.8) is 0 Å². The van der Waals surface area contributed by atoms with Crippen LogP contribution in [0.2, 0.25) is 0 Å². The second-order valence-electron chi connectivity index (χ2n) is 5.30. The first-order chi connectivity index (χ1) is 7.70. The van der Waals surface area contributed by atoms with E-state index in [2.05, 4.69) is 10.6 Å². The van der Waals surface area contributed by atoms with Crippen molar-refractivity contribution in [3.8, 4) is 0 Å². The van der Waals surface area contributed by atoms with E-state index in [9.17, 15) is 4.79 Å². The van der Waals surface area contributed by atoms with E-state index in [4.69, 9.17) is 5.73 Å². The number of urea groups is 1. The molecule has 1 rings (SSSR count). The van der Waals surface area contributed by atoms with Gasteiger partial charge in [0.2, 0.25) is 0 Å². The predicted molar refractivity (Wildman–Crippen MR) is 72.2 cm³/mol. The summed E-state index contributed by atoms with van der Waals surface area (Å²) in [7, 11) is 0. The van der Waals surface area contributed by atoms with Crippen LogP contribution in [0.15, 0.2) is 12.1 Å². The fourth-order valence-corrected chi connectivity index (χ4v) is 1.54. The fourth-order valence-electron chi connectivity index (χ4n) is 1.54. The van der Waals surface area contributed by atoms with Gasteiger partial charge in [0, 0.05) is 11.2 Å². The number of hydrogen-bond acceptors (Lipinski definition) is 2. The third-order valence-corrected chi connectivity index (χ3v) is 2.44. The topological polar surface area (TPSA) is 67.1 Å². The van der Waals surface area contributed by atoms with Gasteiger partial charge in [-0.1, -0.05) is 6.07 Å². The zero-order valence-corrected chi connectivity index (χ0v) is 11.1. The summed E-state index contributed by atoms with van der Waals surface area (Å²) in [6, 6.07) is 3.53. The Balaban J connectivity index is 2.89. The highest BCUT2D eigenvalue weighted by atomic mass is 16.2. The first-order valence-electron chi connectivity index (χ1n) is 5.65. The summed E-state index contributed by atoms with van der Waals surface area (Å²) in [5.74, 6) is 0. The first kappa shape index (κ1) is 13.4. The van der Waals surface area contributed by atoms with Crippen LogP contribution in [0.5, 0.6) is 0 Å². The number of benzene rings is 1. The number of amides is 2. The molecule has 1 aromatic rings. The van der Waals surface area contributed by atoms with Gasteiger partial charge in [0.15, 0.2) is 0 Å². The minimum absolute atomic E-state index is 0.214. The maximum Gasteiger partial charge on any atom is 0.319 e. The molecule has 94 valence electrons. The fraction of sp³-hybridized carbons (Fsp3) is 0.462. The summed E-state index contributed by atoms with van der Waals surface area (Å²) in [4.78, 5) is 11.8. The Kier molecular flexibility index (Phi) is 3.66. The highest BCUT2D eigenvalue weighted by Crippen LogP contribution is 2.25. The zero-order chi connectivity index (χ0) is 13.2. The number of rotatable bonds is 1. The van der Waals surface area contributed by atoms with Crippen molar-refractivity contribution >= 4 is 17.4 Å². The molecule has 2 amide bonds. The van der Waals surface area contributed by atoms with Crippen LogP contribution < -0.4 is 16.4 Å². The van der Waals surface area contributed by atoms with Crippen LogP contribution >= 0.6 is 0 Å². The second kappa shape index (κ2) is 4.65. The van der Waals surface area contributed by atoms with E-state index in [1.165, 1.54) is 0 Å². The summed E-state index contributed by atoms with van der Waals surface area (Å²) in [5, 5.41) is 5.70. The molecule has 17 heavy (non-hydrogen) atoms. The summed E-state index contributed by atoms with van der Waals surface area (Å²) < 4.78 is 0. The molecular weight excluding hydrogens is 214 g/mol. The highest BCUT2D eigenvalue weighted by Gasteiger charge is 2.15. The number of nitrogen functional groups attached to an aromatic ring is 1. The molecule has 0 atom stereocenters. The molecule has 4 nitrogen and oxygen atoms in total. The van der Waals surface area contributed by atoms with E-state index in [1.807, 2.05) is 46.8 Å². The summed E-state index contributed by atoms with van der Waals surface area (Å²) >= 11 is 0. The van der Waals surface area contributed by atoms with E-state index in [-0.39, 0.29) is 11.6 Å². The Morgan fingerprint density at radius 2 is 1.82 bits per heavy atom. The number of carbonyl (C=O) groups is 1. The molecule has 0 aromatic heterocycles. The normalized spacial score (nSPS) is 11.1. The Morgan fingerprint density at radius 3 is 2.35 bits per heavy atom. The Labute approximate surface area is 103 Å². The zero-order valence-electron chi connectivity index (χ0n) is 11.1. The lowest BCUT2D eigenvalue weighted by atomic mass is 10.1. The highest BCUT2D eigenvalue weighted by molar-refractivity contribution is 5.92. The van der Waals surface area contributed by atoms with Crippen LogP contribution in [0.1, 0.15) is 31.9 Å². The third kappa shape index (κ3) is 3.66. The second-order valence-corrected chi connectivity index (χ2v) is 5.30. The molecule has 4 N–H and O–H groups in total. The van der Waals surface area contributed by atoms with Crippen molar-refractivity contribution in [3.05, 3.63) is 23.3 Å². The summed E-state index contributed by atoms with van der Waals surface area (Å²) in [6.07, 6.45) is 0. The molecule has 0 radical (unpaired) electrons. The molecular formula is C13H21N3O. The molecule has 0 fully saturated rings. The summed E-state index contributed by atoms with van der Waals surface area (Å²) in [5.41, 5.74) is 8.93. The minimum atomic E-state index is -0.258. The molecule has 0 saturated heterocycles. The third-order valence-electron chi connectivity index (χ3n) is 2.44. The van der Waals surface area contributed by atoms with Crippen LogP contribution in [0.3, 0.4) is 0 Å². The van der Waals surface area contributed by atoms with Gasteiger partial charge in [-0.2, -0.15) is 0 Å². The monoisotopic (exact) mass is 235 g/mol. The average molecular weight is 235 g/mol. The number of hydrogen-bond donors (Lipinski definition) is 3. The maximum atomic E-state index is 11.8. The standard InChI is InChI=1S/C13H21N3O/c1-8-6-7-10(14)9(2)11(8)15-12(17)16-13(3,4)5/h6-7H,14H2,1-5H3,(H2,15,16,17). The molecule has 0 bridgehead atoms. The van der Waals surface area contributed by atoms with Crippen LogP contribution in [0.4, 0.5) is 16.2 Å². The van der Waals surface area contributed by atoms with Crippen molar-refractivity contribution in [2.45, 2.75) is 40.2 Å². The lowest BCUT2D eigenvalue weighted by Crippen LogP contribution is -2.43. The molecule has 0 aliphatic rings. The van der Waals surface area contributed by atoms with Crippen LogP contribution in [0, 0.1) is 13.8 Å². The number of anilines is 2. The molecule has 0 spiro atoms. The van der Waals surface area contributed by atoms with Gasteiger partial charge in [-0.3, -0.25) is 0 Å². The van der Waals surface area contributed by atoms with Gasteiger partial charge in [0.25, 0.3) is 0 Å². The molecule has 0 aliphatic heterocycles. The Hall–Kier alpha value is -1.71. The largest absolute Gasteiger partial charge is 0.398 e. The van der Waals surface area contributed by atoms with Crippen LogP contribution in [0.25, 0.3) is 0 Å². The van der Waals surface area contributed by atoms with Crippen LogP contribution in [-0.2, 0) is 0 Å². The molecule has 0 heterocycles. The number of carbonyl (C=O) groups excluding carboxylic acids is 1. The van der Waals surface area contributed by atoms with E-state index in [0.717, 1.165) is 16.8 Å².